The Morgan fingerprint density at radius 3 is 2.50 bits per heavy atom. The summed E-state index contributed by atoms with van der Waals surface area (Å²) in [6, 6.07) is 16.8. The molecule has 0 aromatic heterocycles. The SMILES string of the molecule is Cc1ccc2c(c1)NC(=O)c1cc(NC(=O)Nc3cccc(Cl)c3)ccc1O2. The van der Waals surface area contributed by atoms with Crippen LogP contribution in [-0.4, -0.2) is 11.9 Å². The van der Waals surface area contributed by atoms with Gasteiger partial charge in [0, 0.05) is 16.4 Å². The van der Waals surface area contributed by atoms with Gasteiger partial charge in [-0.3, -0.25) is 4.79 Å². The zero-order valence-corrected chi connectivity index (χ0v) is 15.6. The Kier molecular flexibility index (Phi) is 4.63. The van der Waals surface area contributed by atoms with Crippen LogP contribution >= 0.6 is 11.6 Å². The van der Waals surface area contributed by atoms with Gasteiger partial charge in [-0.2, -0.15) is 0 Å². The zero-order valence-electron chi connectivity index (χ0n) is 14.9. The molecule has 1 aliphatic rings. The van der Waals surface area contributed by atoms with Crippen LogP contribution in [0.1, 0.15) is 15.9 Å². The van der Waals surface area contributed by atoms with Crippen molar-refractivity contribution >= 4 is 40.6 Å². The first-order valence-corrected chi connectivity index (χ1v) is 8.93. The van der Waals surface area contributed by atoms with Crippen LogP contribution in [0.15, 0.2) is 60.7 Å². The lowest BCUT2D eigenvalue weighted by Gasteiger charge is -2.11. The third-order valence-electron chi connectivity index (χ3n) is 4.17. The molecule has 0 aliphatic carbocycles. The van der Waals surface area contributed by atoms with Crippen molar-refractivity contribution in [1.82, 2.24) is 0 Å². The van der Waals surface area contributed by atoms with Crippen molar-refractivity contribution < 1.29 is 14.3 Å². The van der Waals surface area contributed by atoms with E-state index in [4.69, 9.17) is 16.3 Å². The summed E-state index contributed by atoms with van der Waals surface area (Å²) in [5, 5.41) is 8.75. The second-order valence-electron chi connectivity index (χ2n) is 6.36. The number of hydrogen-bond acceptors (Lipinski definition) is 3. The summed E-state index contributed by atoms with van der Waals surface area (Å²) < 4.78 is 5.87. The highest BCUT2D eigenvalue weighted by atomic mass is 35.5. The molecular formula is C21H16ClN3O3. The van der Waals surface area contributed by atoms with Crippen molar-refractivity contribution in [1.29, 1.82) is 0 Å². The first-order valence-electron chi connectivity index (χ1n) is 8.55. The fourth-order valence-electron chi connectivity index (χ4n) is 2.87. The van der Waals surface area contributed by atoms with Crippen LogP contribution in [0.2, 0.25) is 5.02 Å². The van der Waals surface area contributed by atoms with E-state index in [9.17, 15) is 9.59 Å². The molecule has 0 saturated carbocycles. The number of benzene rings is 3. The van der Waals surface area contributed by atoms with E-state index in [0.29, 0.717) is 39.1 Å². The van der Waals surface area contributed by atoms with Gasteiger partial charge in [-0.25, -0.2) is 4.79 Å². The van der Waals surface area contributed by atoms with Crippen LogP contribution in [-0.2, 0) is 0 Å². The number of carbonyl (C=O) groups excluding carboxylic acids is 2. The minimum atomic E-state index is -0.448. The van der Waals surface area contributed by atoms with Crippen molar-refractivity contribution in [2.75, 3.05) is 16.0 Å². The van der Waals surface area contributed by atoms with Gasteiger partial charge >= 0.3 is 6.03 Å². The molecule has 6 nitrogen and oxygen atoms in total. The molecule has 140 valence electrons. The van der Waals surface area contributed by atoms with Gasteiger partial charge in [0.2, 0.25) is 0 Å². The molecule has 0 unspecified atom stereocenters. The topological polar surface area (TPSA) is 79.5 Å². The van der Waals surface area contributed by atoms with Gasteiger partial charge in [-0.05, 0) is 61.0 Å². The van der Waals surface area contributed by atoms with Crippen molar-refractivity contribution in [3.8, 4) is 11.5 Å². The molecule has 0 atom stereocenters. The van der Waals surface area contributed by atoms with E-state index in [2.05, 4.69) is 16.0 Å². The summed E-state index contributed by atoms with van der Waals surface area (Å²) in [4.78, 5) is 24.8. The summed E-state index contributed by atoms with van der Waals surface area (Å²) in [6.07, 6.45) is 0. The number of aryl methyl sites for hydroxylation is 1. The second-order valence-corrected chi connectivity index (χ2v) is 6.79. The molecule has 28 heavy (non-hydrogen) atoms. The number of nitrogens with one attached hydrogen (secondary N) is 3. The minimum Gasteiger partial charge on any atom is -0.454 e. The number of amides is 3. The van der Waals surface area contributed by atoms with Crippen molar-refractivity contribution in [3.63, 3.8) is 0 Å². The summed E-state index contributed by atoms with van der Waals surface area (Å²) in [6.45, 7) is 1.94. The molecule has 0 spiro atoms. The first-order chi connectivity index (χ1) is 13.5. The molecule has 1 heterocycles. The summed E-state index contributed by atoms with van der Waals surface area (Å²) >= 11 is 5.92. The normalized spacial score (nSPS) is 12.0. The Morgan fingerprint density at radius 2 is 1.71 bits per heavy atom. The molecule has 0 bridgehead atoms. The van der Waals surface area contributed by atoms with Crippen LogP contribution in [0.3, 0.4) is 0 Å². The Balaban J connectivity index is 1.54. The maximum Gasteiger partial charge on any atom is 0.323 e. The Hall–Kier alpha value is -3.51. The Bertz CT molecular complexity index is 1100. The highest BCUT2D eigenvalue weighted by Gasteiger charge is 2.21. The van der Waals surface area contributed by atoms with E-state index in [0.717, 1.165) is 5.56 Å². The predicted octanol–water partition coefficient (Wildman–Crippen LogP) is 5.65. The van der Waals surface area contributed by atoms with E-state index in [1.165, 1.54) is 0 Å². The van der Waals surface area contributed by atoms with Crippen LogP contribution in [0.25, 0.3) is 0 Å². The van der Waals surface area contributed by atoms with Gasteiger partial charge in [-0.1, -0.05) is 23.7 Å². The number of rotatable bonds is 2. The maximum absolute atomic E-state index is 12.6. The van der Waals surface area contributed by atoms with Gasteiger partial charge in [-0.15, -0.1) is 0 Å². The molecule has 3 amide bonds. The van der Waals surface area contributed by atoms with E-state index >= 15 is 0 Å². The number of carbonyl (C=O) groups is 2. The van der Waals surface area contributed by atoms with Crippen LogP contribution in [0.4, 0.5) is 21.9 Å². The van der Waals surface area contributed by atoms with Crippen LogP contribution < -0.4 is 20.7 Å². The van der Waals surface area contributed by atoms with E-state index in [-0.39, 0.29) is 5.91 Å². The minimum absolute atomic E-state index is 0.307. The third-order valence-corrected chi connectivity index (χ3v) is 4.40. The first kappa shape index (κ1) is 17.9. The highest BCUT2D eigenvalue weighted by molar-refractivity contribution is 6.30. The van der Waals surface area contributed by atoms with Crippen molar-refractivity contribution in [2.24, 2.45) is 0 Å². The maximum atomic E-state index is 12.6. The van der Waals surface area contributed by atoms with E-state index < -0.39 is 6.03 Å². The second kappa shape index (κ2) is 7.25. The molecule has 3 N–H and O–H groups in total. The molecule has 7 heteroatoms. The molecule has 3 aromatic rings. The number of fused-ring (bicyclic) bond motifs is 2. The van der Waals surface area contributed by atoms with E-state index in [1.54, 1.807) is 42.5 Å². The summed E-state index contributed by atoms with van der Waals surface area (Å²) in [5.41, 5.74) is 2.96. The molecule has 0 radical (unpaired) electrons. The fourth-order valence-corrected chi connectivity index (χ4v) is 3.06. The average molecular weight is 394 g/mol. The number of halogens is 1. The van der Waals surface area contributed by atoms with Crippen LogP contribution in [0, 0.1) is 6.92 Å². The predicted molar refractivity (Wildman–Crippen MR) is 110 cm³/mol. The van der Waals surface area contributed by atoms with Gasteiger partial charge in [0.15, 0.2) is 5.75 Å². The molecule has 4 rings (SSSR count). The lowest BCUT2D eigenvalue weighted by Crippen LogP contribution is -2.20. The molecule has 3 aromatic carbocycles. The summed E-state index contributed by atoms with van der Waals surface area (Å²) in [5.74, 6) is 0.677. The van der Waals surface area contributed by atoms with E-state index in [1.807, 2.05) is 25.1 Å². The molecular weight excluding hydrogens is 378 g/mol. The summed E-state index contributed by atoms with van der Waals surface area (Å²) in [7, 11) is 0. The number of ether oxygens (including phenoxy) is 1. The lowest BCUT2D eigenvalue weighted by atomic mass is 10.1. The lowest BCUT2D eigenvalue weighted by molar-refractivity contribution is 0.102. The number of urea groups is 1. The molecule has 0 fully saturated rings. The Labute approximate surface area is 166 Å². The number of hydrogen-bond donors (Lipinski definition) is 3. The van der Waals surface area contributed by atoms with Gasteiger partial charge in [0.05, 0.1) is 11.3 Å². The van der Waals surface area contributed by atoms with Gasteiger partial charge in [0.1, 0.15) is 5.75 Å². The average Bonchev–Trinajstić information content (AvgIpc) is 2.77. The van der Waals surface area contributed by atoms with Crippen molar-refractivity contribution in [3.05, 3.63) is 76.8 Å². The van der Waals surface area contributed by atoms with Crippen LogP contribution in [0.5, 0.6) is 11.5 Å². The zero-order chi connectivity index (χ0) is 19.7. The van der Waals surface area contributed by atoms with Gasteiger partial charge in [0.25, 0.3) is 5.91 Å². The number of anilines is 3. The molecule has 0 saturated heterocycles. The largest absolute Gasteiger partial charge is 0.454 e. The standard InChI is InChI=1S/C21H16ClN3O3/c1-12-5-7-19-17(9-12)25-20(26)16-11-15(6-8-18(16)28-19)24-21(27)23-14-4-2-3-13(22)10-14/h2-11H,1H3,(H,25,26)(H2,23,24,27). The molecule has 1 aliphatic heterocycles. The quantitative estimate of drug-likeness (QED) is 0.526. The smallest absolute Gasteiger partial charge is 0.323 e. The monoisotopic (exact) mass is 393 g/mol. The van der Waals surface area contributed by atoms with Gasteiger partial charge < -0.3 is 20.7 Å². The fraction of sp³-hybridized carbons (Fsp3) is 0.0476. The highest BCUT2D eigenvalue weighted by Crippen LogP contribution is 2.37. The third kappa shape index (κ3) is 3.77. The van der Waals surface area contributed by atoms with Crippen molar-refractivity contribution in [2.45, 2.75) is 6.92 Å². The Morgan fingerprint density at radius 1 is 0.964 bits per heavy atom.